The van der Waals surface area contributed by atoms with Crippen molar-refractivity contribution in [1.82, 2.24) is 4.90 Å². The summed E-state index contributed by atoms with van der Waals surface area (Å²) in [6, 6.07) is 6.97. The van der Waals surface area contributed by atoms with E-state index in [2.05, 4.69) is 0 Å². The minimum Gasteiger partial charge on any atom is -0.493 e. The third-order valence-electron chi connectivity index (χ3n) is 4.85. The van der Waals surface area contributed by atoms with Crippen molar-refractivity contribution in [3.05, 3.63) is 24.3 Å². The van der Waals surface area contributed by atoms with Crippen LogP contribution in [-0.2, 0) is 14.3 Å². The molecule has 1 amide bonds. The van der Waals surface area contributed by atoms with Crippen molar-refractivity contribution in [3.8, 4) is 11.5 Å². The summed E-state index contributed by atoms with van der Waals surface area (Å²) in [4.78, 5) is 26.0. The predicted molar refractivity (Wildman–Crippen MR) is 88.8 cm³/mol. The Morgan fingerprint density at radius 1 is 1.24 bits per heavy atom. The van der Waals surface area contributed by atoms with Crippen LogP contribution in [0.25, 0.3) is 0 Å². The number of hydrogen-bond donors (Lipinski definition) is 1. The molecule has 136 valence electrons. The van der Waals surface area contributed by atoms with Crippen molar-refractivity contribution in [2.75, 3.05) is 26.8 Å². The summed E-state index contributed by atoms with van der Waals surface area (Å²) in [6.07, 6.45) is 1.68. The quantitative estimate of drug-likeness (QED) is 0.871. The van der Waals surface area contributed by atoms with Crippen molar-refractivity contribution >= 4 is 11.9 Å². The zero-order valence-electron chi connectivity index (χ0n) is 14.3. The van der Waals surface area contributed by atoms with Crippen LogP contribution in [0, 0.1) is 0 Å². The van der Waals surface area contributed by atoms with Crippen LogP contribution in [0.15, 0.2) is 24.3 Å². The van der Waals surface area contributed by atoms with E-state index in [4.69, 9.17) is 14.2 Å². The van der Waals surface area contributed by atoms with E-state index in [1.807, 2.05) is 0 Å². The second kappa shape index (κ2) is 7.31. The minimum absolute atomic E-state index is 0.0474. The molecular formula is C18H23NO6. The number of amides is 1. The van der Waals surface area contributed by atoms with Gasteiger partial charge in [0.25, 0.3) is 5.91 Å². The highest BCUT2D eigenvalue weighted by Gasteiger charge is 2.46. The molecule has 7 nitrogen and oxygen atoms in total. The molecule has 1 atom stereocenters. The minimum atomic E-state index is -1.36. The highest BCUT2D eigenvalue weighted by molar-refractivity contribution is 5.82. The molecule has 2 aliphatic heterocycles. The van der Waals surface area contributed by atoms with Gasteiger partial charge in [-0.3, -0.25) is 4.79 Å². The molecule has 2 aliphatic rings. The van der Waals surface area contributed by atoms with E-state index in [9.17, 15) is 14.7 Å². The molecule has 0 radical (unpaired) electrons. The molecule has 0 aromatic heterocycles. The summed E-state index contributed by atoms with van der Waals surface area (Å²) in [5.41, 5.74) is -1.36. The molecule has 2 saturated heterocycles. The van der Waals surface area contributed by atoms with E-state index >= 15 is 0 Å². The lowest BCUT2D eigenvalue weighted by molar-refractivity contribution is -0.163. The van der Waals surface area contributed by atoms with Gasteiger partial charge in [0, 0.05) is 32.5 Å². The van der Waals surface area contributed by atoms with Crippen LogP contribution in [-0.4, -0.2) is 60.4 Å². The highest BCUT2D eigenvalue weighted by Crippen LogP contribution is 2.35. The van der Waals surface area contributed by atoms with Crippen molar-refractivity contribution in [2.45, 2.75) is 37.4 Å². The Morgan fingerprint density at radius 3 is 2.48 bits per heavy atom. The average molecular weight is 349 g/mol. The van der Waals surface area contributed by atoms with Crippen molar-refractivity contribution in [2.24, 2.45) is 0 Å². The van der Waals surface area contributed by atoms with Gasteiger partial charge < -0.3 is 24.2 Å². The van der Waals surface area contributed by atoms with Gasteiger partial charge in [-0.05, 0) is 25.0 Å². The molecule has 0 bridgehead atoms. The molecule has 0 aliphatic carbocycles. The van der Waals surface area contributed by atoms with Crippen LogP contribution in [0.4, 0.5) is 0 Å². The first-order valence-corrected chi connectivity index (χ1v) is 8.51. The van der Waals surface area contributed by atoms with Crippen LogP contribution in [0.5, 0.6) is 11.5 Å². The number of likely N-dealkylation sites (tertiary alicyclic amines) is 1. The average Bonchev–Trinajstić information content (AvgIpc) is 3.17. The van der Waals surface area contributed by atoms with Gasteiger partial charge >= 0.3 is 5.97 Å². The normalized spacial score (nSPS) is 22.4. The Balaban J connectivity index is 1.70. The zero-order valence-corrected chi connectivity index (χ0v) is 14.3. The molecule has 0 spiro atoms. The second-order valence-electron chi connectivity index (χ2n) is 6.38. The van der Waals surface area contributed by atoms with Gasteiger partial charge in [-0.2, -0.15) is 0 Å². The molecule has 0 unspecified atom stereocenters. The molecule has 3 rings (SSSR count). The van der Waals surface area contributed by atoms with Crippen LogP contribution in [0.2, 0.25) is 0 Å². The summed E-state index contributed by atoms with van der Waals surface area (Å²) in [5.74, 6) is -0.191. The van der Waals surface area contributed by atoms with Crippen LogP contribution < -0.4 is 9.47 Å². The SMILES string of the molecule is COc1ccccc1OC1(C(=O)O)CCN(C(=O)[C@@H]2CCCO2)CC1. The maximum atomic E-state index is 12.4. The third kappa shape index (κ3) is 3.56. The maximum absolute atomic E-state index is 12.4. The van der Waals surface area contributed by atoms with Crippen LogP contribution in [0.3, 0.4) is 0 Å². The summed E-state index contributed by atoms with van der Waals surface area (Å²) < 4.78 is 16.6. The molecule has 7 heteroatoms. The van der Waals surface area contributed by atoms with E-state index in [0.717, 1.165) is 12.8 Å². The number of hydrogen-bond acceptors (Lipinski definition) is 5. The number of carbonyl (C=O) groups excluding carboxylic acids is 1. The second-order valence-corrected chi connectivity index (χ2v) is 6.38. The Hall–Kier alpha value is -2.28. The lowest BCUT2D eigenvalue weighted by atomic mass is 9.90. The number of rotatable bonds is 5. The first kappa shape index (κ1) is 17.5. The number of ether oxygens (including phenoxy) is 3. The number of piperidine rings is 1. The molecular weight excluding hydrogens is 326 g/mol. The standard InChI is InChI=1S/C18H23NO6/c1-23-13-5-2-3-6-14(13)25-18(17(21)22)8-10-19(11-9-18)16(20)15-7-4-12-24-15/h2-3,5-6,15H,4,7-12H2,1H3,(H,21,22)/t15-/m0/s1. The fraction of sp³-hybridized carbons (Fsp3) is 0.556. The molecule has 0 saturated carbocycles. The molecule has 25 heavy (non-hydrogen) atoms. The Kier molecular flexibility index (Phi) is 5.13. The Bertz CT molecular complexity index is 632. The lowest BCUT2D eigenvalue weighted by Crippen LogP contribution is -2.55. The predicted octanol–water partition coefficient (Wildman–Crippen LogP) is 1.70. The fourth-order valence-corrected chi connectivity index (χ4v) is 3.34. The van der Waals surface area contributed by atoms with E-state index in [-0.39, 0.29) is 24.9 Å². The van der Waals surface area contributed by atoms with E-state index in [1.165, 1.54) is 7.11 Å². The number of para-hydroxylation sites is 2. The maximum Gasteiger partial charge on any atom is 0.348 e. The molecule has 1 N–H and O–H groups in total. The number of aliphatic carboxylic acids is 1. The van der Waals surface area contributed by atoms with Crippen LogP contribution >= 0.6 is 0 Å². The zero-order chi connectivity index (χ0) is 17.9. The smallest absolute Gasteiger partial charge is 0.348 e. The first-order valence-electron chi connectivity index (χ1n) is 8.51. The van der Waals surface area contributed by atoms with Gasteiger partial charge in [0.2, 0.25) is 5.60 Å². The molecule has 2 fully saturated rings. The third-order valence-corrected chi connectivity index (χ3v) is 4.85. The topological polar surface area (TPSA) is 85.3 Å². The fourth-order valence-electron chi connectivity index (χ4n) is 3.34. The van der Waals surface area contributed by atoms with Gasteiger partial charge in [0.1, 0.15) is 6.10 Å². The van der Waals surface area contributed by atoms with Gasteiger partial charge in [0.15, 0.2) is 11.5 Å². The number of benzene rings is 1. The Morgan fingerprint density at radius 2 is 1.92 bits per heavy atom. The van der Waals surface area contributed by atoms with Crippen LogP contribution in [0.1, 0.15) is 25.7 Å². The largest absolute Gasteiger partial charge is 0.493 e. The lowest BCUT2D eigenvalue weighted by Gasteiger charge is -2.39. The molecule has 2 heterocycles. The van der Waals surface area contributed by atoms with E-state index in [0.29, 0.717) is 31.2 Å². The van der Waals surface area contributed by atoms with E-state index in [1.54, 1.807) is 29.2 Å². The van der Waals surface area contributed by atoms with Crippen molar-refractivity contribution in [3.63, 3.8) is 0 Å². The number of carbonyl (C=O) groups is 2. The van der Waals surface area contributed by atoms with Gasteiger partial charge in [-0.1, -0.05) is 12.1 Å². The number of carboxylic acid groups (broad SMARTS) is 1. The number of nitrogens with zero attached hydrogens (tertiary/aromatic N) is 1. The summed E-state index contributed by atoms with van der Waals surface area (Å²) in [6.45, 7) is 1.28. The van der Waals surface area contributed by atoms with Gasteiger partial charge in [-0.15, -0.1) is 0 Å². The summed E-state index contributed by atoms with van der Waals surface area (Å²) in [5, 5.41) is 9.76. The van der Waals surface area contributed by atoms with Crippen molar-refractivity contribution in [1.29, 1.82) is 0 Å². The van der Waals surface area contributed by atoms with Gasteiger partial charge in [-0.25, -0.2) is 4.79 Å². The summed E-state index contributed by atoms with van der Waals surface area (Å²) >= 11 is 0. The van der Waals surface area contributed by atoms with Crippen molar-refractivity contribution < 1.29 is 28.9 Å². The highest BCUT2D eigenvalue weighted by atomic mass is 16.5. The van der Waals surface area contributed by atoms with Gasteiger partial charge in [0.05, 0.1) is 7.11 Å². The molecule has 1 aromatic rings. The summed E-state index contributed by atoms with van der Waals surface area (Å²) in [7, 11) is 1.51. The monoisotopic (exact) mass is 349 g/mol. The Labute approximate surface area is 146 Å². The van der Waals surface area contributed by atoms with E-state index < -0.39 is 11.6 Å². The first-order chi connectivity index (χ1) is 12.1. The number of carboxylic acids is 1. The molecule has 1 aromatic carbocycles. The number of methoxy groups -OCH3 is 1.